The summed E-state index contributed by atoms with van der Waals surface area (Å²) in [4.78, 5) is 17.2. The van der Waals surface area contributed by atoms with E-state index in [-0.39, 0.29) is 12.1 Å². The van der Waals surface area contributed by atoms with E-state index in [0.717, 1.165) is 31.6 Å². The number of carbonyl (C=O) groups is 1. The molecular weight excluding hydrogens is 298 g/mol. The zero-order chi connectivity index (χ0) is 17.7. The van der Waals surface area contributed by atoms with Gasteiger partial charge in [0.2, 0.25) is 0 Å². The lowest BCUT2D eigenvalue weighted by molar-refractivity contribution is 0.185. The molecule has 24 heavy (non-hydrogen) atoms. The topological polar surface area (TPSA) is 35.6 Å². The summed E-state index contributed by atoms with van der Waals surface area (Å²) in [6, 6.07) is 8.89. The molecule has 134 valence electrons. The first-order valence-corrected chi connectivity index (χ1v) is 9.36. The summed E-state index contributed by atoms with van der Waals surface area (Å²) in [5.74, 6) is 0.624. The molecule has 1 aromatic rings. The Hall–Kier alpha value is -1.55. The number of urea groups is 1. The smallest absolute Gasteiger partial charge is 0.322 e. The van der Waals surface area contributed by atoms with Crippen molar-refractivity contribution in [3.8, 4) is 0 Å². The first-order chi connectivity index (χ1) is 11.5. The number of rotatable bonds is 7. The summed E-state index contributed by atoms with van der Waals surface area (Å²) < 4.78 is 0. The lowest BCUT2D eigenvalue weighted by atomic mass is 10.0. The van der Waals surface area contributed by atoms with Crippen molar-refractivity contribution < 1.29 is 4.79 Å². The third-order valence-corrected chi connectivity index (χ3v) is 4.99. The molecule has 1 aliphatic heterocycles. The van der Waals surface area contributed by atoms with Gasteiger partial charge in [0.1, 0.15) is 0 Å². The SMILES string of the molecule is CCN(CC)C(CNC(=O)N1c2ccccc2CC1C)CC(C)C. The first-order valence-electron chi connectivity index (χ1n) is 9.36. The Morgan fingerprint density at radius 1 is 1.29 bits per heavy atom. The van der Waals surface area contributed by atoms with Gasteiger partial charge >= 0.3 is 6.03 Å². The molecule has 0 aliphatic carbocycles. The first kappa shape index (κ1) is 18.8. The third kappa shape index (κ3) is 4.29. The van der Waals surface area contributed by atoms with Gasteiger partial charge in [-0.05, 0) is 50.4 Å². The highest BCUT2D eigenvalue weighted by Crippen LogP contribution is 2.31. The van der Waals surface area contributed by atoms with Crippen LogP contribution in [0.1, 0.15) is 46.6 Å². The maximum absolute atomic E-state index is 12.8. The van der Waals surface area contributed by atoms with E-state index in [2.05, 4.69) is 57.0 Å². The minimum atomic E-state index is 0.0355. The van der Waals surface area contributed by atoms with Crippen molar-refractivity contribution in [1.82, 2.24) is 10.2 Å². The van der Waals surface area contributed by atoms with E-state index in [4.69, 9.17) is 0 Å². The van der Waals surface area contributed by atoms with Gasteiger partial charge in [-0.25, -0.2) is 4.79 Å². The molecule has 4 nitrogen and oxygen atoms in total. The third-order valence-electron chi connectivity index (χ3n) is 4.99. The zero-order valence-electron chi connectivity index (χ0n) is 15.9. The molecule has 0 saturated heterocycles. The largest absolute Gasteiger partial charge is 0.336 e. The number of hydrogen-bond acceptors (Lipinski definition) is 2. The van der Waals surface area contributed by atoms with Crippen LogP contribution >= 0.6 is 0 Å². The molecule has 0 aromatic heterocycles. The second kappa shape index (κ2) is 8.52. The van der Waals surface area contributed by atoms with E-state index < -0.39 is 0 Å². The number of hydrogen-bond donors (Lipinski definition) is 1. The van der Waals surface area contributed by atoms with Gasteiger partial charge in [-0.15, -0.1) is 0 Å². The van der Waals surface area contributed by atoms with E-state index in [1.54, 1.807) is 0 Å². The van der Waals surface area contributed by atoms with E-state index in [9.17, 15) is 4.79 Å². The molecule has 1 aliphatic rings. The Morgan fingerprint density at radius 2 is 1.96 bits per heavy atom. The highest BCUT2D eigenvalue weighted by molar-refractivity contribution is 5.94. The molecular formula is C20H33N3O. The van der Waals surface area contributed by atoms with Crippen LogP contribution in [0.15, 0.2) is 24.3 Å². The molecule has 2 rings (SSSR count). The molecule has 1 heterocycles. The summed E-state index contributed by atoms with van der Waals surface area (Å²) in [7, 11) is 0. The van der Waals surface area contributed by atoms with Crippen molar-refractivity contribution in [2.24, 2.45) is 5.92 Å². The highest BCUT2D eigenvalue weighted by atomic mass is 16.2. The van der Waals surface area contributed by atoms with Crippen LogP contribution in [0.4, 0.5) is 10.5 Å². The van der Waals surface area contributed by atoms with Gasteiger partial charge in [-0.1, -0.05) is 45.9 Å². The summed E-state index contributed by atoms with van der Waals surface area (Å²) in [6.07, 6.45) is 2.04. The van der Waals surface area contributed by atoms with Crippen LogP contribution in [0, 0.1) is 5.92 Å². The maximum atomic E-state index is 12.8. The standard InChI is InChI=1S/C20H33N3O/c1-6-22(7-2)18(12-15(3)4)14-21-20(24)23-16(5)13-17-10-8-9-11-19(17)23/h8-11,15-16,18H,6-7,12-14H2,1-5H3,(H,21,24). The van der Waals surface area contributed by atoms with Gasteiger partial charge in [-0.2, -0.15) is 0 Å². The van der Waals surface area contributed by atoms with E-state index >= 15 is 0 Å². The summed E-state index contributed by atoms with van der Waals surface area (Å²) in [5, 5.41) is 3.20. The summed E-state index contributed by atoms with van der Waals surface area (Å²) >= 11 is 0. The Labute approximate surface area is 147 Å². The lowest BCUT2D eigenvalue weighted by Crippen LogP contribution is -2.49. The Balaban J connectivity index is 2.03. The minimum Gasteiger partial charge on any atom is -0.336 e. The van der Waals surface area contributed by atoms with Crippen molar-refractivity contribution in [2.45, 2.75) is 59.5 Å². The average molecular weight is 332 g/mol. The van der Waals surface area contributed by atoms with Crippen LogP contribution in [0.25, 0.3) is 0 Å². The van der Waals surface area contributed by atoms with Crippen LogP contribution in [0.3, 0.4) is 0 Å². The summed E-state index contributed by atoms with van der Waals surface area (Å²) in [6.45, 7) is 13.8. The van der Waals surface area contributed by atoms with E-state index in [0.29, 0.717) is 18.5 Å². The minimum absolute atomic E-state index is 0.0355. The van der Waals surface area contributed by atoms with Crippen molar-refractivity contribution in [3.63, 3.8) is 0 Å². The van der Waals surface area contributed by atoms with Crippen LogP contribution in [0.5, 0.6) is 0 Å². The second-order valence-corrected chi connectivity index (χ2v) is 7.24. The fourth-order valence-electron chi connectivity index (χ4n) is 3.81. The molecule has 2 unspecified atom stereocenters. The second-order valence-electron chi connectivity index (χ2n) is 7.24. The molecule has 0 saturated carbocycles. The van der Waals surface area contributed by atoms with Gasteiger partial charge in [0.15, 0.2) is 0 Å². The van der Waals surface area contributed by atoms with Crippen LogP contribution < -0.4 is 10.2 Å². The fourth-order valence-corrected chi connectivity index (χ4v) is 3.81. The quantitative estimate of drug-likeness (QED) is 0.822. The number of carbonyl (C=O) groups excluding carboxylic acids is 1. The van der Waals surface area contributed by atoms with Gasteiger partial charge in [0.05, 0.1) is 0 Å². The molecule has 2 atom stereocenters. The monoisotopic (exact) mass is 331 g/mol. The van der Waals surface area contributed by atoms with Crippen LogP contribution in [-0.2, 0) is 6.42 Å². The molecule has 1 N–H and O–H groups in total. The van der Waals surface area contributed by atoms with Crippen LogP contribution in [-0.4, -0.2) is 42.6 Å². The van der Waals surface area contributed by atoms with Crippen molar-refractivity contribution in [1.29, 1.82) is 0 Å². The lowest BCUT2D eigenvalue weighted by Gasteiger charge is -2.32. The van der Waals surface area contributed by atoms with Gasteiger partial charge in [0.25, 0.3) is 0 Å². The van der Waals surface area contributed by atoms with E-state index in [1.165, 1.54) is 5.56 Å². The molecule has 0 fully saturated rings. The zero-order valence-corrected chi connectivity index (χ0v) is 15.9. The summed E-state index contributed by atoms with van der Waals surface area (Å²) in [5.41, 5.74) is 2.33. The number of benzene rings is 1. The Morgan fingerprint density at radius 3 is 2.58 bits per heavy atom. The molecule has 0 bridgehead atoms. The number of anilines is 1. The van der Waals surface area contributed by atoms with Crippen molar-refractivity contribution >= 4 is 11.7 Å². The fraction of sp³-hybridized carbons (Fsp3) is 0.650. The van der Waals surface area contributed by atoms with Crippen molar-refractivity contribution in [2.75, 3.05) is 24.5 Å². The molecule has 0 radical (unpaired) electrons. The molecule has 2 amide bonds. The molecule has 4 heteroatoms. The number of para-hydroxylation sites is 1. The number of nitrogens with one attached hydrogen (secondary N) is 1. The predicted molar refractivity (Wildman–Crippen MR) is 102 cm³/mol. The van der Waals surface area contributed by atoms with Crippen molar-refractivity contribution in [3.05, 3.63) is 29.8 Å². The predicted octanol–water partition coefficient (Wildman–Crippen LogP) is 3.90. The maximum Gasteiger partial charge on any atom is 0.322 e. The Bertz CT molecular complexity index is 539. The van der Waals surface area contributed by atoms with Gasteiger partial charge in [0, 0.05) is 24.3 Å². The molecule has 0 spiro atoms. The van der Waals surface area contributed by atoms with Gasteiger partial charge < -0.3 is 5.32 Å². The number of nitrogens with zero attached hydrogens (tertiary/aromatic N) is 2. The highest BCUT2D eigenvalue weighted by Gasteiger charge is 2.31. The van der Waals surface area contributed by atoms with E-state index in [1.807, 2.05) is 17.0 Å². The number of amides is 2. The molecule has 1 aromatic carbocycles. The average Bonchev–Trinajstić information content (AvgIpc) is 2.88. The number of likely N-dealkylation sites (N-methyl/N-ethyl adjacent to an activating group) is 1. The normalized spacial score (nSPS) is 18.1. The van der Waals surface area contributed by atoms with Gasteiger partial charge in [-0.3, -0.25) is 9.80 Å². The Kier molecular flexibility index (Phi) is 6.67. The van der Waals surface area contributed by atoms with Crippen LogP contribution in [0.2, 0.25) is 0 Å². The number of fused-ring (bicyclic) bond motifs is 1.